The largest absolute Gasteiger partial charge is 0.368 e. The molecule has 0 spiro atoms. The van der Waals surface area contributed by atoms with Crippen molar-refractivity contribution in [3.8, 4) is 0 Å². The summed E-state index contributed by atoms with van der Waals surface area (Å²) < 4.78 is 0. The van der Waals surface area contributed by atoms with Crippen molar-refractivity contribution in [2.24, 2.45) is 17.1 Å². The van der Waals surface area contributed by atoms with Crippen molar-refractivity contribution < 1.29 is 4.79 Å². The maximum absolute atomic E-state index is 11.7. The SMILES string of the molecule is CC(C)C(NC1c2ccccc2CCC1(C)C)C(N)=O. The predicted molar refractivity (Wildman–Crippen MR) is 82.2 cm³/mol. The lowest BCUT2D eigenvalue weighted by molar-refractivity contribution is -0.121. The number of hydrogen-bond acceptors (Lipinski definition) is 2. The van der Waals surface area contributed by atoms with Crippen LogP contribution in [-0.4, -0.2) is 11.9 Å². The molecule has 0 radical (unpaired) electrons. The van der Waals surface area contributed by atoms with Crippen LogP contribution in [0.15, 0.2) is 24.3 Å². The summed E-state index contributed by atoms with van der Waals surface area (Å²) in [7, 11) is 0. The summed E-state index contributed by atoms with van der Waals surface area (Å²) in [6, 6.07) is 8.41. The van der Waals surface area contributed by atoms with E-state index in [0.29, 0.717) is 0 Å². The molecular formula is C17H26N2O. The molecule has 0 saturated carbocycles. The number of rotatable bonds is 4. The minimum absolute atomic E-state index is 0.122. The van der Waals surface area contributed by atoms with Gasteiger partial charge in [-0.05, 0) is 35.3 Å². The molecule has 0 fully saturated rings. The molecule has 0 bridgehead atoms. The zero-order valence-electron chi connectivity index (χ0n) is 12.9. The molecular weight excluding hydrogens is 248 g/mol. The van der Waals surface area contributed by atoms with Gasteiger partial charge in [-0.15, -0.1) is 0 Å². The average molecular weight is 274 g/mol. The average Bonchev–Trinajstić information content (AvgIpc) is 2.36. The van der Waals surface area contributed by atoms with E-state index in [1.807, 2.05) is 13.8 Å². The number of benzene rings is 1. The highest BCUT2D eigenvalue weighted by molar-refractivity contribution is 5.80. The standard InChI is InChI=1S/C17H26N2O/c1-11(2)14(16(18)20)19-15-13-8-6-5-7-12(13)9-10-17(15,3)4/h5-8,11,14-15,19H,9-10H2,1-4H3,(H2,18,20). The van der Waals surface area contributed by atoms with Gasteiger partial charge in [0.2, 0.25) is 5.91 Å². The fourth-order valence-corrected chi connectivity index (χ4v) is 3.16. The fraction of sp³-hybridized carbons (Fsp3) is 0.588. The van der Waals surface area contributed by atoms with Crippen LogP contribution in [0.5, 0.6) is 0 Å². The Morgan fingerprint density at radius 1 is 1.35 bits per heavy atom. The van der Waals surface area contributed by atoms with E-state index < -0.39 is 0 Å². The van der Waals surface area contributed by atoms with Gasteiger partial charge in [-0.1, -0.05) is 52.0 Å². The van der Waals surface area contributed by atoms with Gasteiger partial charge < -0.3 is 5.73 Å². The summed E-state index contributed by atoms with van der Waals surface area (Å²) in [5.41, 5.74) is 8.38. The molecule has 20 heavy (non-hydrogen) atoms. The lowest BCUT2D eigenvalue weighted by Crippen LogP contribution is -2.50. The first kappa shape index (κ1) is 15.0. The number of amides is 1. The van der Waals surface area contributed by atoms with E-state index in [0.717, 1.165) is 12.8 Å². The van der Waals surface area contributed by atoms with Crippen LogP contribution in [0.3, 0.4) is 0 Å². The number of hydrogen-bond donors (Lipinski definition) is 2. The quantitative estimate of drug-likeness (QED) is 0.887. The van der Waals surface area contributed by atoms with Gasteiger partial charge in [0.15, 0.2) is 0 Å². The van der Waals surface area contributed by atoms with Gasteiger partial charge in [0.25, 0.3) is 0 Å². The van der Waals surface area contributed by atoms with Gasteiger partial charge in [0, 0.05) is 6.04 Å². The third-order valence-electron chi connectivity index (χ3n) is 4.51. The highest BCUT2D eigenvalue weighted by Gasteiger charge is 2.38. The van der Waals surface area contributed by atoms with Crippen molar-refractivity contribution in [1.82, 2.24) is 5.32 Å². The van der Waals surface area contributed by atoms with Gasteiger partial charge in [-0.25, -0.2) is 0 Å². The molecule has 1 aliphatic rings. The van der Waals surface area contributed by atoms with Crippen molar-refractivity contribution >= 4 is 5.91 Å². The fourth-order valence-electron chi connectivity index (χ4n) is 3.16. The van der Waals surface area contributed by atoms with Gasteiger partial charge in [-0.2, -0.15) is 0 Å². The Kier molecular flexibility index (Phi) is 4.19. The summed E-state index contributed by atoms with van der Waals surface area (Å²) >= 11 is 0. The molecule has 1 aromatic rings. The van der Waals surface area contributed by atoms with E-state index in [-0.39, 0.29) is 29.3 Å². The Hall–Kier alpha value is -1.35. The highest BCUT2D eigenvalue weighted by atomic mass is 16.1. The maximum atomic E-state index is 11.7. The molecule has 3 nitrogen and oxygen atoms in total. The topological polar surface area (TPSA) is 55.1 Å². The van der Waals surface area contributed by atoms with Crippen molar-refractivity contribution in [2.75, 3.05) is 0 Å². The second-order valence-corrected chi connectivity index (χ2v) is 6.91. The minimum Gasteiger partial charge on any atom is -0.368 e. The molecule has 2 unspecified atom stereocenters. The van der Waals surface area contributed by atoms with Crippen LogP contribution in [-0.2, 0) is 11.2 Å². The summed E-state index contributed by atoms with van der Waals surface area (Å²) in [6.45, 7) is 8.59. The molecule has 110 valence electrons. The first-order valence-corrected chi connectivity index (χ1v) is 7.46. The summed E-state index contributed by atoms with van der Waals surface area (Å²) in [6.07, 6.45) is 2.22. The van der Waals surface area contributed by atoms with Gasteiger partial charge >= 0.3 is 0 Å². The van der Waals surface area contributed by atoms with Crippen molar-refractivity contribution in [2.45, 2.75) is 52.6 Å². The van der Waals surface area contributed by atoms with E-state index >= 15 is 0 Å². The third-order valence-corrected chi connectivity index (χ3v) is 4.51. The number of fused-ring (bicyclic) bond motifs is 1. The normalized spacial score (nSPS) is 22.4. The molecule has 0 heterocycles. The van der Waals surface area contributed by atoms with Crippen LogP contribution in [0.4, 0.5) is 0 Å². The molecule has 3 heteroatoms. The van der Waals surface area contributed by atoms with Gasteiger partial charge in [-0.3, -0.25) is 10.1 Å². The second kappa shape index (κ2) is 5.57. The van der Waals surface area contributed by atoms with E-state index in [2.05, 4.69) is 43.4 Å². The van der Waals surface area contributed by atoms with Crippen LogP contribution in [0.1, 0.15) is 51.3 Å². The Morgan fingerprint density at radius 2 is 2.00 bits per heavy atom. The maximum Gasteiger partial charge on any atom is 0.234 e. The zero-order chi connectivity index (χ0) is 14.9. The Labute approximate surface area is 121 Å². The monoisotopic (exact) mass is 274 g/mol. The molecule has 1 aliphatic carbocycles. The number of carbonyl (C=O) groups is 1. The van der Waals surface area contributed by atoms with Crippen molar-refractivity contribution in [1.29, 1.82) is 0 Å². The molecule has 0 saturated heterocycles. The summed E-state index contributed by atoms with van der Waals surface area (Å²) in [5, 5.41) is 3.53. The first-order valence-electron chi connectivity index (χ1n) is 7.46. The zero-order valence-corrected chi connectivity index (χ0v) is 12.9. The van der Waals surface area contributed by atoms with Gasteiger partial charge in [0.1, 0.15) is 0 Å². The lowest BCUT2D eigenvalue weighted by Gasteiger charge is -2.42. The molecule has 1 aromatic carbocycles. The number of primary amides is 1. The van der Waals surface area contributed by atoms with Crippen LogP contribution in [0, 0.1) is 11.3 Å². The molecule has 0 aliphatic heterocycles. The summed E-state index contributed by atoms with van der Waals surface area (Å²) in [5.74, 6) is -0.0729. The Bertz CT molecular complexity index is 494. The van der Waals surface area contributed by atoms with E-state index in [4.69, 9.17) is 5.73 Å². The summed E-state index contributed by atoms with van der Waals surface area (Å²) in [4.78, 5) is 11.7. The first-order chi connectivity index (χ1) is 9.33. The Morgan fingerprint density at radius 3 is 2.60 bits per heavy atom. The van der Waals surface area contributed by atoms with Crippen molar-refractivity contribution in [3.63, 3.8) is 0 Å². The number of carbonyl (C=O) groups excluding carboxylic acids is 1. The van der Waals surface area contributed by atoms with E-state index in [9.17, 15) is 4.79 Å². The second-order valence-electron chi connectivity index (χ2n) is 6.91. The van der Waals surface area contributed by atoms with Gasteiger partial charge in [0.05, 0.1) is 6.04 Å². The highest BCUT2D eigenvalue weighted by Crippen LogP contribution is 2.43. The lowest BCUT2D eigenvalue weighted by atomic mass is 9.70. The van der Waals surface area contributed by atoms with E-state index in [1.54, 1.807) is 0 Å². The molecule has 2 rings (SSSR count). The Balaban J connectivity index is 2.34. The number of aryl methyl sites for hydroxylation is 1. The predicted octanol–water partition coefficient (Wildman–Crippen LogP) is 2.80. The van der Waals surface area contributed by atoms with Crippen LogP contribution in [0.2, 0.25) is 0 Å². The van der Waals surface area contributed by atoms with Crippen LogP contribution in [0.25, 0.3) is 0 Å². The molecule has 2 atom stereocenters. The molecule has 1 amide bonds. The third kappa shape index (κ3) is 2.88. The molecule has 0 aromatic heterocycles. The van der Waals surface area contributed by atoms with Crippen LogP contribution >= 0.6 is 0 Å². The van der Waals surface area contributed by atoms with Crippen LogP contribution < -0.4 is 11.1 Å². The van der Waals surface area contributed by atoms with Crippen molar-refractivity contribution in [3.05, 3.63) is 35.4 Å². The number of nitrogens with two attached hydrogens (primary N) is 1. The minimum atomic E-state index is -0.287. The van der Waals surface area contributed by atoms with E-state index in [1.165, 1.54) is 11.1 Å². The molecule has 3 N–H and O–H groups in total. The smallest absolute Gasteiger partial charge is 0.234 e. The number of nitrogens with one attached hydrogen (secondary N) is 1.